The molecule has 1 fully saturated rings. The Morgan fingerprint density at radius 3 is 2.90 bits per heavy atom. The Morgan fingerprint density at radius 2 is 2.19 bits per heavy atom. The molecule has 0 saturated carbocycles. The lowest BCUT2D eigenvalue weighted by Crippen LogP contribution is -2.39. The molecule has 3 N–H and O–H groups in total. The number of thioether (sulfide) groups is 1. The van der Waals surface area contributed by atoms with Crippen LogP contribution >= 0.6 is 11.8 Å². The van der Waals surface area contributed by atoms with E-state index in [1.807, 2.05) is 0 Å². The van der Waals surface area contributed by atoms with Crippen LogP contribution < -0.4 is 11.1 Å². The van der Waals surface area contributed by atoms with Crippen molar-refractivity contribution in [3.05, 3.63) is 24.3 Å². The highest BCUT2D eigenvalue weighted by atomic mass is 32.2. The number of hydrogen-bond donors (Lipinski definition) is 2. The van der Waals surface area contributed by atoms with E-state index in [2.05, 4.69) is 5.32 Å². The highest BCUT2D eigenvalue weighted by Gasteiger charge is 2.26. The van der Waals surface area contributed by atoms with Gasteiger partial charge in [-0.25, -0.2) is 0 Å². The van der Waals surface area contributed by atoms with Gasteiger partial charge in [0.05, 0.1) is 0 Å². The highest BCUT2D eigenvalue weighted by Crippen LogP contribution is 2.19. The molecular weight excluding hydrogens is 290 g/mol. The van der Waals surface area contributed by atoms with Crippen LogP contribution in [0.3, 0.4) is 0 Å². The van der Waals surface area contributed by atoms with Gasteiger partial charge in [-0.3, -0.25) is 19.3 Å². The van der Waals surface area contributed by atoms with Crippen LogP contribution in [-0.2, 0) is 9.59 Å². The van der Waals surface area contributed by atoms with E-state index in [1.165, 1.54) is 4.90 Å². The fourth-order valence-electron chi connectivity index (χ4n) is 1.99. The number of nitrogens with one attached hydrogen (secondary N) is 1. The Labute approximate surface area is 127 Å². The number of nitrogens with two attached hydrogens (primary N) is 1. The average Bonchev–Trinajstić information content (AvgIpc) is 2.42. The predicted molar refractivity (Wildman–Crippen MR) is 82.9 cm³/mol. The molecular formula is C14H17N3O3S. The molecule has 21 heavy (non-hydrogen) atoms. The molecule has 0 spiro atoms. The molecule has 0 atom stereocenters. The van der Waals surface area contributed by atoms with E-state index in [1.54, 1.807) is 24.3 Å². The summed E-state index contributed by atoms with van der Waals surface area (Å²) in [6.07, 6.45) is 1.08. The van der Waals surface area contributed by atoms with Gasteiger partial charge in [0.2, 0.25) is 11.8 Å². The van der Waals surface area contributed by atoms with Crippen molar-refractivity contribution >= 4 is 40.2 Å². The van der Waals surface area contributed by atoms with Crippen LogP contribution in [0.4, 0.5) is 16.2 Å². The van der Waals surface area contributed by atoms with Crippen molar-refractivity contribution in [2.24, 2.45) is 0 Å². The number of imide groups is 1. The quantitative estimate of drug-likeness (QED) is 0.812. The standard InChI is InChI=1S/C14H17N3O3S/c15-10-3-1-4-11(9-10)16-12(18)5-2-7-17-13(19)6-8-21-14(17)20/h1,3-4,9H,2,5-8,15H2,(H,16,18). The van der Waals surface area contributed by atoms with Crippen molar-refractivity contribution in [1.82, 2.24) is 4.90 Å². The third-order valence-electron chi connectivity index (χ3n) is 3.02. The molecule has 0 aliphatic carbocycles. The lowest BCUT2D eigenvalue weighted by molar-refractivity contribution is -0.128. The maximum atomic E-state index is 11.8. The fourth-order valence-corrected chi connectivity index (χ4v) is 2.79. The molecule has 7 heteroatoms. The number of amides is 3. The van der Waals surface area contributed by atoms with Crippen molar-refractivity contribution in [1.29, 1.82) is 0 Å². The second kappa shape index (κ2) is 7.12. The molecule has 1 aliphatic heterocycles. The van der Waals surface area contributed by atoms with Gasteiger partial charge in [0.1, 0.15) is 0 Å². The van der Waals surface area contributed by atoms with Gasteiger partial charge in [0, 0.05) is 36.5 Å². The number of benzene rings is 1. The SMILES string of the molecule is Nc1cccc(NC(=O)CCCN2C(=O)CCSC2=O)c1. The Kier molecular flexibility index (Phi) is 5.21. The zero-order valence-electron chi connectivity index (χ0n) is 11.5. The van der Waals surface area contributed by atoms with Gasteiger partial charge < -0.3 is 11.1 Å². The monoisotopic (exact) mass is 307 g/mol. The molecule has 112 valence electrons. The van der Waals surface area contributed by atoms with Gasteiger partial charge in [0.25, 0.3) is 5.24 Å². The average molecular weight is 307 g/mol. The first-order valence-electron chi connectivity index (χ1n) is 6.69. The maximum Gasteiger partial charge on any atom is 0.288 e. The number of carbonyl (C=O) groups excluding carboxylic acids is 3. The van der Waals surface area contributed by atoms with Crippen molar-refractivity contribution < 1.29 is 14.4 Å². The zero-order valence-corrected chi connectivity index (χ0v) is 12.3. The largest absolute Gasteiger partial charge is 0.399 e. The minimum atomic E-state index is -0.220. The number of anilines is 2. The first-order valence-corrected chi connectivity index (χ1v) is 7.67. The van der Waals surface area contributed by atoms with E-state index < -0.39 is 0 Å². The minimum Gasteiger partial charge on any atom is -0.399 e. The lowest BCUT2D eigenvalue weighted by Gasteiger charge is -2.23. The van der Waals surface area contributed by atoms with E-state index in [9.17, 15) is 14.4 Å². The van der Waals surface area contributed by atoms with Gasteiger partial charge in [-0.1, -0.05) is 17.8 Å². The van der Waals surface area contributed by atoms with Gasteiger partial charge in [-0.2, -0.15) is 0 Å². The fraction of sp³-hybridized carbons (Fsp3) is 0.357. The molecule has 0 unspecified atom stereocenters. The molecule has 0 aromatic heterocycles. The zero-order chi connectivity index (χ0) is 15.2. The van der Waals surface area contributed by atoms with Crippen molar-refractivity contribution in [2.45, 2.75) is 19.3 Å². The number of rotatable bonds is 5. The Morgan fingerprint density at radius 1 is 1.38 bits per heavy atom. The van der Waals surface area contributed by atoms with E-state index in [4.69, 9.17) is 5.73 Å². The molecule has 2 rings (SSSR count). The molecule has 1 aromatic carbocycles. The first kappa shape index (κ1) is 15.4. The van der Waals surface area contributed by atoms with Crippen LogP contribution in [0.2, 0.25) is 0 Å². The Bertz CT molecular complexity index is 546. The second-order valence-corrected chi connectivity index (χ2v) is 5.73. The second-order valence-electron chi connectivity index (χ2n) is 4.69. The summed E-state index contributed by atoms with van der Waals surface area (Å²) >= 11 is 1.14. The Hall–Kier alpha value is -2.02. The van der Waals surface area contributed by atoms with Crippen LogP contribution in [-0.4, -0.2) is 34.3 Å². The molecule has 1 heterocycles. The summed E-state index contributed by atoms with van der Waals surface area (Å²) in [5.41, 5.74) is 6.84. The van der Waals surface area contributed by atoms with Crippen molar-refractivity contribution in [3.8, 4) is 0 Å². The lowest BCUT2D eigenvalue weighted by atomic mass is 10.2. The molecule has 0 radical (unpaired) electrons. The van der Waals surface area contributed by atoms with Crippen molar-refractivity contribution in [3.63, 3.8) is 0 Å². The highest BCUT2D eigenvalue weighted by molar-refractivity contribution is 8.13. The normalized spacial score (nSPS) is 15.1. The van der Waals surface area contributed by atoms with Crippen LogP contribution in [0.5, 0.6) is 0 Å². The van der Waals surface area contributed by atoms with E-state index in [0.29, 0.717) is 30.0 Å². The van der Waals surface area contributed by atoms with Gasteiger partial charge in [-0.15, -0.1) is 0 Å². The maximum absolute atomic E-state index is 11.8. The summed E-state index contributed by atoms with van der Waals surface area (Å²) in [5.74, 6) is 0.226. The molecule has 1 aliphatic rings. The summed E-state index contributed by atoms with van der Waals surface area (Å²) in [6, 6.07) is 6.92. The van der Waals surface area contributed by atoms with Crippen LogP contribution in [0.1, 0.15) is 19.3 Å². The summed E-state index contributed by atoms with van der Waals surface area (Å²) in [5, 5.41) is 2.51. The van der Waals surface area contributed by atoms with Crippen LogP contribution in [0, 0.1) is 0 Å². The minimum absolute atomic E-state index is 0.157. The molecule has 1 saturated heterocycles. The van der Waals surface area contributed by atoms with Gasteiger partial charge >= 0.3 is 0 Å². The third-order valence-corrected chi connectivity index (χ3v) is 3.89. The van der Waals surface area contributed by atoms with Crippen molar-refractivity contribution in [2.75, 3.05) is 23.3 Å². The number of nitrogen functional groups attached to an aromatic ring is 1. The molecule has 3 amide bonds. The molecule has 1 aromatic rings. The van der Waals surface area contributed by atoms with E-state index >= 15 is 0 Å². The van der Waals surface area contributed by atoms with Gasteiger partial charge in [0.15, 0.2) is 0 Å². The topological polar surface area (TPSA) is 92.5 Å². The number of hydrogen-bond acceptors (Lipinski definition) is 5. The number of carbonyl (C=O) groups is 3. The summed E-state index contributed by atoms with van der Waals surface area (Å²) in [6.45, 7) is 0.287. The summed E-state index contributed by atoms with van der Waals surface area (Å²) < 4.78 is 0. The van der Waals surface area contributed by atoms with E-state index in [0.717, 1.165) is 11.8 Å². The Balaban J connectivity index is 1.76. The first-order chi connectivity index (χ1) is 10.1. The number of nitrogens with zero attached hydrogens (tertiary/aromatic N) is 1. The molecule has 6 nitrogen and oxygen atoms in total. The third kappa shape index (κ3) is 4.49. The smallest absolute Gasteiger partial charge is 0.288 e. The van der Waals surface area contributed by atoms with Crippen LogP contribution in [0.15, 0.2) is 24.3 Å². The van der Waals surface area contributed by atoms with Crippen LogP contribution in [0.25, 0.3) is 0 Å². The molecule has 0 bridgehead atoms. The van der Waals surface area contributed by atoms with Gasteiger partial charge in [-0.05, 0) is 24.6 Å². The summed E-state index contributed by atoms with van der Waals surface area (Å²) in [7, 11) is 0. The summed E-state index contributed by atoms with van der Waals surface area (Å²) in [4.78, 5) is 36.2. The van der Waals surface area contributed by atoms with E-state index in [-0.39, 0.29) is 30.0 Å². The predicted octanol–water partition coefficient (Wildman–Crippen LogP) is 2.07.